The van der Waals surface area contributed by atoms with Crippen molar-refractivity contribution < 1.29 is 9.15 Å². The Bertz CT molecular complexity index is 1350. The first-order chi connectivity index (χ1) is 16.5. The molecule has 1 aromatic rings. The molecule has 0 aromatic heterocycles. The Kier molecular flexibility index (Phi) is 5.22. The predicted octanol–water partition coefficient (Wildman–Crippen LogP) is 5.22. The van der Waals surface area contributed by atoms with Crippen molar-refractivity contribution in [3.8, 4) is 11.3 Å². The summed E-state index contributed by atoms with van der Waals surface area (Å²) >= 11 is 0. The van der Waals surface area contributed by atoms with Crippen molar-refractivity contribution in [3.05, 3.63) is 88.6 Å². The molecule has 5 aliphatic rings. The van der Waals surface area contributed by atoms with Crippen molar-refractivity contribution in [3.63, 3.8) is 0 Å². The Labute approximate surface area is 201 Å². The highest BCUT2D eigenvalue weighted by atomic mass is 16.5. The topological polar surface area (TPSA) is 28.6 Å². The van der Waals surface area contributed by atoms with Gasteiger partial charge in [-0.25, -0.2) is 4.58 Å². The quantitative estimate of drug-likeness (QED) is 0.473. The molecule has 4 heteroatoms. The second kappa shape index (κ2) is 8.28. The highest BCUT2D eigenvalue weighted by Gasteiger charge is 2.37. The molecule has 0 spiro atoms. The minimum atomic E-state index is -0.0204. The summed E-state index contributed by atoms with van der Waals surface area (Å²) in [5.74, 6) is 2.03. The lowest BCUT2D eigenvalue weighted by Gasteiger charge is -2.24. The number of hydrogen-bond donors (Lipinski definition) is 0. The number of likely N-dealkylation sites (N-methyl/N-ethyl adjacent to an activating group) is 1. The lowest BCUT2D eigenvalue weighted by atomic mass is 9.83. The molecule has 4 nitrogen and oxygen atoms in total. The van der Waals surface area contributed by atoms with Crippen molar-refractivity contribution in [2.45, 2.75) is 38.5 Å². The second-order valence-corrected chi connectivity index (χ2v) is 10.2. The number of rotatable bonds is 1. The molecule has 34 heavy (non-hydrogen) atoms. The van der Waals surface area contributed by atoms with E-state index in [0.29, 0.717) is 0 Å². The minimum Gasteiger partial charge on any atom is -0.456 e. The molecule has 0 saturated carbocycles. The average molecular weight is 454 g/mol. The van der Waals surface area contributed by atoms with Gasteiger partial charge in [0.1, 0.15) is 24.7 Å². The van der Waals surface area contributed by atoms with Crippen LogP contribution in [-0.4, -0.2) is 33.4 Å². The number of nitrogens with zero attached hydrogens (tertiary/aromatic N) is 2. The summed E-state index contributed by atoms with van der Waals surface area (Å²) in [4.78, 5) is 2.34. The normalized spacial score (nSPS) is 21.9. The molecule has 0 unspecified atom stereocenters. The summed E-state index contributed by atoms with van der Waals surface area (Å²) < 4.78 is 14.5. The fraction of sp³-hybridized carbons (Fsp3) is 0.367. The van der Waals surface area contributed by atoms with E-state index in [0.717, 1.165) is 57.1 Å². The van der Waals surface area contributed by atoms with E-state index in [1.165, 1.54) is 39.0 Å². The van der Waals surface area contributed by atoms with Crippen LogP contribution in [0.25, 0.3) is 16.9 Å². The van der Waals surface area contributed by atoms with E-state index in [2.05, 4.69) is 91.1 Å². The second-order valence-electron chi connectivity index (χ2n) is 10.2. The number of hydrogen-bond acceptors (Lipinski definition) is 3. The molecule has 1 saturated heterocycles. The van der Waals surface area contributed by atoms with E-state index in [-0.39, 0.29) is 5.41 Å². The fourth-order valence-electron chi connectivity index (χ4n) is 5.86. The van der Waals surface area contributed by atoms with Gasteiger partial charge in [-0.1, -0.05) is 38.1 Å². The third-order valence-electron chi connectivity index (χ3n) is 7.77. The summed E-state index contributed by atoms with van der Waals surface area (Å²) in [6.07, 6.45) is 7.90. The van der Waals surface area contributed by atoms with Gasteiger partial charge < -0.3 is 14.1 Å². The van der Waals surface area contributed by atoms with Crippen LogP contribution in [0.2, 0.25) is 0 Å². The van der Waals surface area contributed by atoms with Crippen LogP contribution in [0.15, 0.2) is 70.8 Å². The minimum absolute atomic E-state index is 0.0204. The number of para-hydroxylation sites is 1. The van der Waals surface area contributed by atoms with Crippen molar-refractivity contribution in [1.29, 1.82) is 0 Å². The molecule has 1 aromatic carbocycles. The lowest BCUT2D eigenvalue weighted by molar-refractivity contribution is 0.0965. The first-order valence-corrected chi connectivity index (χ1v) is 12.5. The smallest absolute Gasteiger partial charge is 0.203 e. The highest BCUT2D eigenvalue weighted by Crippen LogP contribution is 2.47. The van der Waals surface area contributed by atoms with Gasteiger partial charge >= 0.3 is 0 Å². The maximum atomic E-state index is 6.62. The van der Waals surface area contributed by atoms with E-state index in [1.54, 1.807) is 0 Å². The van der Waals surface area contributed by atoms with Crippen LogP contribution in [0.1, 0.15) is 43.6 Å². The number of morpholine rings is 1. The Morgan fingerprint density at radius 2 is 1.79 bits per heavy atom. The van der Waals surface area contributed by atoms with Crippen LogP contribution in [0.3, 0.4) is 0 Å². The average Bonchev–Trinajstić information content (AvgIpc) is 3.06. The summed E-state index contributed by atoms with van der Waals surface area (Å²) in [7, 11) is 2.18. The van der Waals surface area contributed by atoms with Gasteiger partial charge in [-0.2, -0.15) is 0 Å². The largest absolute Gasteiger partial charge is 0.456 e. The molecule has 0 radical (unpaired) electrons. The molecule has 3 aliphatic heterocycles. The first kappa shape index (κ1) is 21.4. The van der Waals surface area contributed by atoms with Gasteiger partial charge in [-0.05, 0) is 60.2 Å². The first-order valence-electron chi connectivity index (χ1n) is 12.5. The Balaban J connectivity index is 1.42. The zero-order chi connectivity index (χ0) is 23.3. The molecule has 0 N–H and O–H groups in total. The Morgan fingerprint density at radius 1 is 0.971 bits per heavy atom. The summed E-state index contributed by atoms with van der Waals surface area (Å²) in [6.45, 7) is 8.08. The maximum absolute atomic E-state index is 6.62. The molecule has 6 rings (SSSR count). The van der Waals surface area contributed by atoms with Gasteiger partial charge in [0.15, 0.2) is 13.1 Å². The molecule has 0 amide bonds. The maximum Gasteiger partial charge on any atom is 0.203 e. The van der Waals surface area contributed by atoms with Gasteiger partial charge in [0.2, 0.25) is 5.36 Å². The lowest BCUT2D eigenvalue weighted by Crippen LogP contribution is -2.39. The Morgan fingerprint density at radius 3 is 2.62 bits per heavy atom. The van der Waals surface area contributed by atoms with Crippen LogP contribution in [0.4, 0.5) is 5.69 Å². The van der Waals surface area contributed by atoms with Crippen LogP contribution in [0.5, 0.6) is 0 Å². The Hall–Kier alpha value is -3.11. The van der Waals surface area contributed by atoms with Crippen molar-refractivity contribution in [2.24, 2.45) is 0 Å². The van der Waals surface area contributed by atoms with Crippen LogP contribution in [0, 0.1) is 0 Å². The van der Waals surface area contributed by atoms with Gasteiger partial charge in [0.05, 0.1) is 6.07 Å². The van der Waals surface area contributed by atoms with Gasteiger partial charge in [0.25, 0.3) is 0 Å². The summed E-state index contributed by atoms with van der Waals surface area (Å²) in [5.41, 5.74) is 7.79. The van der Waals surface area contributed by atoms with Crippen molar-refractivity contribution in [1.82, 2.24) is 4.58 Å². The van der Waals surface area contributed by atoms with Crippen molar-refractivity contribution >= 4 is 11.3 Å². The molecule has 0 bridgehead atoms. The highest BCUT2D eigenvalue weighted by molar-refractivity contribution is 5.74. The zero-order valence-electron chi connectivity index (χ0n) is 20.4. The van der Waals surface area contributed by atoms with E-state index >= 15 is 0 Å². The number of fused-ring (bicyclic) bond motifs is 3. The van der Waals surface area contributed by atoms with E-state index in [9.17, 15) is 0 Å². The van der Waals surface area contributed by atoms with Crippen molar-refractivity contribution in [2.75, 3.05) is 38.3 Å². The number of aryl methyl sites for hydroxylation is 1. The van der Waals surface area contributed by atoms with Gasteiger partial charge in [-0.15, -0.1) is 0 Å². The number of ether oxygens (including phenoxy) is 1. The standard InChI is InChI=1S/C30H33N2O2/c1-30(2)25-9-4-5-10-26(25)31(3)28(30)14-12-21-7-6-8-23-19-22-11-13-24(20-27(22)34-29(21)23)32-15-17-33-18-16-32/h4-5,9-14,19-20H,6-8,15-18H2,1-3H3/q+1. The van der Waals surface area contributed by atoms with E-state index < -0.39 is 0 Å². The third-order valence-corrected chi connectivity index (χ3v) is 7.77. The third kappa shape index (κ3) is 3.52. The molecular formula is C30H33N2O2+. The van der Waals surface area contributed by atoms with Gasteiger partial charge in [0, 0.05) is 35.5 Å². The van der Waals surface area contributed by atoms with E-state index in [4.69, 9.17) is 9.15 Å². The zero-order valence-corrected chi connectivity index (χ0v) is 20.4. The summed E-state index contributed by atoms with van der Waals surface area (Å²) in [6, 6.07) is 17.7. The molecular weight excluding hydrogens is 420 g/mol. The molecule has 1 fully saturated rings. The molecule has 0 atom stereocenters. The van der Waals surface area contributed by atoms with E-state index in [1.807, 2.05) is 0 Å². The fourth-order valence-corrected chi connectivity index (χ4v) is 5.86. The number of benzene rings is 2. The molecule has 174 valence electrons. The summed E-state index contributed by atoms with van der Waals surface area (Å²) in [5, 5.41) is 1.22. The molecule has 3 heterocycles. The number of allylic oxidation sites excluding steroid dienone is 4. The van der Waals surface area contributed by atoms with Crippen LogP contribution < -0.4 is 14.8 Å². The van der Waals surface area contributed by atoms with Crippen LogP contribution >= 0.6 is 0 Å². The number of anilines is 1. The van der Waals surface area contributed by atoms with Crippen LogP contribution in [-0.2, 0) is 16.6 Å². The SMILES string of the molecule is CN1/C(=C\C=C2/CCCc3cc4ccc(=[N+]5CCOCC5)cc-4oc32)C(C)(C)c2ccccc21. The van der Waals surface area contributed by atoms with Gasteiger partial charge in [-0.3, -0.25) is 0 Å². The monoisotopic (exact) mass is 453 g/mol. The molecule has 2 aliphatic carbocycles. The predicted molar refractivity (Wildman–Crippen MR) is 138 cm³/mol.